The van der Waals surface area contributed by atoms with E-state index in [9.17, 15) is 18.0 Å². The topological polar surface area (TPSA) is 29.1 Å². The minimum atomic E-state index is -4.44. The van der Waals surface area contributed by atoms with Gasteiger partial charge < -0.3 is 5.32 Å². The number of alkyl halides is 4. The molecule has 0 aromatic heterocycles. The fourth-order valence-electron chi connectivity index (χ4n) is 1.30. The van der Waals surface area contributed by atoms with Gasteiger partial charge >= 0.3 is 6.18 Å². The molecule has 1 aromatic rings. The van der Waals surface area contributed by atoms with Gasteiger partial charge in [-0.3, -0.25) is 4.79 Å². The number of carbonyl (C=O) groups is 1. The van der Waals surface area contributed by atoms with Crippen molar-refractivity contribution in [2.24, 2.45) is 0 Å². The summed E-state index contributed by atoms with van der Waals surface area (Å²) >= 11 is 5.35. The quantitative estimate of drug-likeness (QED) is 0.673. The van der Waals surface area contributed by atoms with E-state index in [2.05, 4.69) is 17.2 Å². The summed E-state index contributed by atoms with van der Waals surface area (Å²) in [5, 5.41) is 2.43. The zero-order valence-electron chi connectivity index (χ0n) is 9.85. The normalized spacial score (nSPS) is 10.5. The van der Waals surface area contributed by atoms with E-state index in [-0.39, 0.29) is 30.3 Å². The monoisotopic (exact) mass is 289 g/mol. The Bertz CT molecular complexity index is 503. The molecule has 19 heavy (non-hydrogen) atoms. The molecule has 0 aliphatic carbocycles. The molecule has 0 atom stereocenters. The van der Waals surface area contributed by atoms with E-state index in [0.717, 1.165) is 6.07 Å². The molecule has 0 saturated carbocycles. The SMILES string of the molecule is O=C(CCCl)NCC#Cc1ccccc1C(F)(F)F. The van der Waals surface area contributed by atoms with Crippen molar-refractivity contribution >= 4 is 17.5 Å². The largest absolute Gasteiger partial charge is 0.417 e. The van der Waals surface area contributed by atoms with Gasteiger partial charge in [0.1, 0.15) is 0 Å². The maximum atomic E-state index is 12.6. The number of halogens is 4. The zero-order chi connectivity index (χ0) is 14.3. The lowest BCUT2D eigenvalue weighted by Gasteiger charge is -2.08. The van der Waals surface area contributed by atoms with Crippen LogP contribution in [0.1, 0.15) is 17.5 Å². The van der Waals surface area contributed by atoms with E-state index in [1.54, 1.807) is 0 Å². The molecule has 1 rings (SSSR count). The van der Waals surface area contributed by atoms with Crippen molar-refractivity contribution in [2.75, 3.05) is 12.4 Å². The van der Waals surface area contributed by atoms with Gasteiger partial charge in [0.25, 0.3) is 0 Å². The van der Waals surface area contributed by atoms with Crippen molar-refractivity contribution in [3.05, 3.63) is 35.4 Å². The number of nitrogens with one attached hydrogen (secondary N) is 1. The highest BCUT2D eigenvalue weighted by molar-refractivity contribution is 6.18. The Hall–Kier alpha value is -1.67. The molecule has 0 bridgehead atoms. The van der Waals surface area contributed by atoms with Crippen LogP contribution < -0.4 is 5.32 Å². The van der Waals surface area contributed by atoms with Gasteiger partial charge in [0.2, 0.25) is 5.91 Å². The molecule has 0 aliphatic rings. The predicted molar refractivity (Wildman–Crippen MR) is 66.7 cm³/mol. The molecule has 6 heteroatoms. The first-order valence-electron chi connectivity index (χ1n) is 5.43. The van der Waals surface area contributed by atoms with Crippen LogP contribution in [-0.4, -0.2) is 18.3 Å². The van der Waals surface area contributed by atoms with Crippen LogP contribution in [0.3, 0.4) is 0 Å². The second-order valence-electron chi connectivity index (χ2n) is 3.56. The molecule has 0 fully saturated rings. The predicted octanol–water partition coefficient (Wildman–Crippen LogP) is 2.80. The minimum absolute atomic E-state index is 0.0120. The highest BCUT2D eigenvalue weighted by atomic mass is 35.5. The van der Waals surface area contributed by atoms with Gasteiger partial charge in [0, 0.05) is 17.9 Å². The van der Waals surface area contributed by atoms with Crippen LogP contribution in [0.25, 0.3) is 0 Å². The summed E-state index contributed by atoms with van der Waals surface area (Å²) in [6.45, 7) is -0.0120. The number of hydrogen-bond acceptors (Lipinski definition) is 1. The Morgan fingerprint density at radius 3 is 2.63 bits per heavy atom. The van der Waals surface area contributed by atoms with Crippen LogP contribution in [0.2, 0.25) is 0 Å². The second-order valence-corrected chi connectivity index (χ2v) is 3.94. The van der Waals surface area contributed by atoms with Gasteiger partial charge in [-0.2, -0.15) is 13.2 Å². The number of hydrogen-bond donors (Lipinski definition) is 1. The van der Waals surface area contributed by atoms with E-state index >= 15 is 0 Å². The third-order valence-electron chi connectivity index (χ3n) is 2.15. The molecular formula is C13H11ClF3NO. The second kappa shape index (κ2) is 7.05. The molecular weight excluding hydrogens is 279 g/mol. The maximum absolute atomic E-state index is 12.6. The summed E-state index contributed by atoms with van der Waals surface area (Å²) in [7, 11) is 0. The summed E-state index contributed by atoms with van der Waals surface area (Å²) in [6.07, 6.45) is -4.28. The van der Waals surface area contributed by atoms with Gasteiger partial charge in [-0.25, -0.2) is 0 Å². The smallest absolute Gasteiger partial charge is 0.345 e. The van der Waals surface area contributed by atoms with Crippen molar-refractivity contribution in [2.45, 2.75) is 12.6 Å². The Labute approximate surface area is 113 Å². The zero-order valence-corrected chi connectivity index (χ0v) is 10.6. The molecule has 0 saturated heterocycles. The van der Waals surface area contributed by atoms with E-state index in [1.165, 1.54) is 18.2 Å². The van der Waals surface area contributed by atoms with Crippen molar-refractivity contribution in [1.82, 2.24) is 5.32 Å². The summed E-state index contributed by atoms with van der Waals surface area (Å²) in [5.74, 6) is 4.78. The first-order valence-corrected chi connectivity index (χ1v) is 5.96. The van der Waals surface area contributed by atoms with Crippen LogP contribution in [0, 0.1) is 11.8 Å². The Balaban J connectivity index is 2.71. The highest BCUT2D eigenvalue weighted by Gasteiger charge is 2.32. The third kappa shape index (κ3) is 5.23. The summed E-state index contributed by atoms with van der Waals surface area (Å²) in [4.78, 5) is 11.0. The maximum Gasteiger partial charge on any atom is 0.417 e. The van der Waals surface area contributed by atoms with Gasteiger partial charge in [-0.1, -0.05) is 24.0 Å². The molecule has 1 aromatic carbocycles. The number of carbonyl (C=O) groups excluding carboxylic acids is 1. The van der Waals surface area contributed by atoms with Gasteiger partial charge in [0.05, 0.1) is 12.1 Å². The van der Waals surface area contributed by atoms with Gasteiger partial charge in [-0.05, 0) is 12.1 Å². The van der Waals surface area contributed by atoms with Crippen LogP contribution in [0.15, 0.2) is 24.3 Å². The van der Waals surface area contributed by atoms with Gasteiger partial charge in [0.15, 0.2) is 0 Å². The van der Waals surface area contributed by atoms with Crippen molar-refractivity contribution < 1.29 is 18.0 Å². The minimum Gasteiger partial charge on any atom is -0.345 e. The summed E-state index contributed by atoms with van der Waals surface area (Å²) in [5.41, 5.74) is -0.892. The van der Waals surface area contributed by atoms with E-state index < -0.39 is 11.7 Å². The first-order chi connectivity index (χ1) is 8.95. The number of benzene rings is 1. The Morgan fingerprint density at radius 2 is 2.00 bits per heavy atom. The lowest BCUT2D eigenvalue weighted by atomic mass is 10.1. The fourth-order valence-corrected chi connectivity index (χ4v) is 1.47. The van der Waals surface area contributed by atoms with Gasteiger partial charge in [-0.15, -0.1) is 11.6 Å². The van der Waals surface area contributed by atoms with Crippen molar-refractivity contribution in [3.8, 4) is 11.8 Å². The summed E-state index contributed by atoms with van der Waals surface area (Å²) < 4.78 is 37.9. The average molecular weight is 290 g/mol. The molecule has 1 amide bonds. The molecule has 0 spiro atoms. The summed E-state index contributed by atoms with van der Waals surface area (Å²) in [6, 6.07) is 5.04. The first kappa shape index (κ1) is 15.4. The third-order valence-corrected chi connectivity index (χ3v) is 2.34. The van der Waals surface area contributed by atoms with Crippen molar-refractivity contribution in [3.63, 3.8) is 0 Å². The molecule has 0 heterocycles. The molecule has 0 aliphatic heterocycles. The average Bonchev–Trinajstić information content (AvgIpc) is 2.34. The lowest BCUT2D eigenvalue weighted by molar-refractivity contribution is -0.137. The van der Waals surface area contributed by atoms with E-state index in [1.807, 2.05) is 0 Å². The molecule has 0 radical (unpaired) electrons. The number of rotatable bonds is 3. The van der Waals surface area contributed by atoms with Crippen LogP contribution in [0.4, 0.5) is 13.2 Å². The Kier molecular flexibility index (Phi) is 5.71. The Morgan fingerprint density at radius 1 is 1.32 bits per heavy atom. The number of amides is 1. The van der Waals surface area contributed by atoms with Crippen LogP contribution >= 0.6 is 11.6 Å². The standard InChI is InChI=1S/C13H11ClF3NO/c14-8-7-12(19)18-9-3-5-10-4-1-2-6-11(10)13(15,16)17/h1-2,4,6H,7-9H2,(H,18,19). The lowest BCUT2D eigenvalue weighted by Crippen LogP contribution is -2.23. The van der Waals surface area contributed by atoms with E-state index in [0.29, 0.717) is 0 Å². The van der Waals surface area contributed by atoms with Crippen molar-refractivity contribution in [1.29, 1.82) is 0 Å². The molecule has 2 nitrogen and oxygen atoms in total. The van der Waals surface area contributed by atoms with Crippen LogP contribution in [0.5, 0.6) is 0 Å². The molecule has 0 unspecified atom stereocenters. The van der Waals surface area contributed by atoms with Crippen LogP contribution in [-0.2, 0) is 11.0 Å². The molecule has 102 valence electrons. The fraction of sp³-hybridized carbons (Fsp3) is 0.308. The molecule has 1 N–H and O–H groups in total. The highest BCUT2D eigenvalue weighted by Crippen LogP contribution is 2.31. The van der Waals surface area contributed by atoms with E-state index in [4.69, 9.17) is 11.6 Å².